The molecule has 0 amide bonds. The quantitative estimate of drug-likeness (QED) is 0.314. The van der Waals surface area contributed by atoms with Crippen LogP contribution < -0.4 is 13.3 Å². The van der Waals surface area contributed by atoms with Crippen LogP contribution >= 0.6 is 107 Å². The zero-order chi connectivity index (χ0) is 22.1. The first-order valence-corrected chi connectivity index (χ1v) is 24.0. The third-order valence-corrected chi connectivity index (χ3v) is 6.75. The van der Waals surface area contributed by atoms with Crippen LogP contribution in [0.15, 0.2) is 30.6 Å². The number of rotatable bonds is 2. The van der Waals surface area contributed by atoms with Crippen LogP contribution in [0.4, 0.5) is 0 Å². The van der Waals surface area contributed by atoms with E-state index < -0.39 is 0 Å². The van der Waals surface area contributed by atoms with Gasteiger partial charge in [-0.05, 0) is 93.2 Å². The third-order valence-electron chi connectivity index (χ3n) is 5.38. The van der Waals surface area contributed by atoms with Crippen LogP contribution in [0, 0.1) is 3.57 Å². The van der Waals surface area contributed by atoms with Crippen LogP contribution in [-0.4, -0.2) is 47.0 Å². The summed E-state index contributed by atoms with van der Waals surface area (Å²) in [6, 6.07) is 6.95. The molecule has 2 fully saturated rings. The molecular weight excluding hydrogens is 1000 g/mol. The van der Waals surface area contributed by atoms with E-state index in [0.29, 0.717) is 35.6 Å². The van der Waals surface area contributed by atoms with E-state index in [4.69, 9.17) is 23.2 Å². The molecule has 0 radical (unpaired) electrons. The zero-order valence-corrected chi connectivity index (χ0v) is 29.7. The SMILES string of the molecule is CN1CCC[C@H]1c1ccc(Cl)nc1.CN1CCC[C@H]1c1cnc(Cl)cc1I.I.I[I-]I. The van der Waals surface area contributed by atoms with Gasteiger partial charge in [0, 0.05) is 33.6 Å². The molecule has 0 bridgehead atoms. The molecular formula is C20H26Cl2I5N4-. The average molecular weight is 1030 g/mol. The third kappa shape index (κ3) is 10.5. The number of hydrogen-bond donors (Lipinski definition) is 0. The van der Waals surface area contributed by atoms with Crippen molar-refractivity contribution in [3.63, 3.8) is 0 Å². The summed E-state index contributed by atoms with van der Waals surface area (Å²) in [7, 11) is 4.33. The first kappa shape index (κ1) is 31.5. The van der Waals surface area contributed by atoms with Gasteiger partial charge in [0.05, 0.1) is 0 Å². The molecule has 0 saturated carbocycles. The number of pyridine rings is 2. The predicted molar refractivity (Wildman–Crippen MR) is 164 cm³/mol. The summed E-state index contributed by atoms with van der Waals surface area (Å²) < 4.78 is 1.22. The molecule has 176 valence electrons. The Morgan fingerprint density at radius 3 is 1.94 bits per heavy atom. The number of likely N-dealkylation sites (tertiary alicyclic amines) is 2. The van der Waals surface area contributed by atoms with Gasteiger partial charge in [0.25, 0.3) is 0 Å². The van der Waals surface area contributed by atoms with Gasteiger partial charge in [-0.25, -0.2) is 9.97 Å². The molecule has 4 nitrogen and oxygen atoms in total. The Balaban J connectivity index is 0.000000268. The fraction of sp³-hybridized carbons (Fsp3) is 0.500. The van der Waals surface area contributed by atoms with Crippen molar-refractivity contribution in [1.29, 1.82) is 0 Å². The first-order chi connectivity index (χ1) is 14.4. The number of nitrogens with zero attached hydrogens (tertiary/aromatic N) is 4. The van der Waals surface area contributed by atoms with Crippen molar-refractivity contribution in [1.82, 2.24) is 19.8 Å². The Hall–Kier alpha value is 2.45. The Morgan fingerprint density at radius 2 is 1.48 bits per heavy atom. The molecule has 2 saturated heterocycles. The minimum absolute atomic E-state index is 0. The molecule has 0 N–H and O–H groups in total. The van der Waals surface area contributed by atoms with E-state index in [1.54, 1.807) is 0 Å². The predicted octanol–water partition coefficient (Wildman–Crippen LogP) is 5.00. The fourth-order valence-electron chi connectivity index (χ4n) is 3.88. The fourth-order valence-corrected chi connectivity index (χ4v) is 5.13. The molecule has 2 aliphatic heterocycles. The molecule has 0 aromatic carbocycles. The second kappa shape index (κ2) is 17.0. The molecule has 11 heteroatoms. The first-order valence-electron chi connectivity index (χ1n) is 9.57. The molecule has 2 aromatic rings. The van der Waals surface area contributed by atoms with Crippen molar-refractivity contribution in [2.75, 3.05) is 27.2 Å². The van der Waals surface area contributed by atoms with E-state index in [1.165, 1.54) is 53.5 Å². The Kier molecular flexibility index (Phi) is 17.3. The van der Waals surface area contributed by atoms with Gasteiger partial charge in [-0.1, -0.05) is 29.3 Å². The molecule has 0 spiro atoms. The minimum atomic E-state index is 0. The maximum atomic E-state index is 5.83. The van der Waals surface area contributed by atoms with Gasteiger partial charge in [-0.2, -0.15) is 0 Å². The van der Waals surface area contributed by atoms with Gasteiger partial charge in [0.2, 0.25) is 0 Å². The Morgan fingerprint density at radius 1 is 0.935 bits per heavy atom. The van der Waals surface area contributed by atoms with Crippen LogP contribution in [0.2, 0.25) is 10.3 Å². The monoisotopic (exact) mass is 1030 g/mol. The van der Waals surface area contributed by atoms with Crippen LogP contribution in [0.3, 0.4) is 0 Å². The Bertz CT molecular complexity index is 785. The summed E-state index contributed by atoms with van der Waals surface area (Å²) in [6.45, 7) is 2.37. The van der Waals surface area contributed by atoms with Gasteiger partial charge in [0.1, 0.15) is 10.3 Å². The van der Waals surface area contributed by atoms with Gasteiger partial charge in [-0.3, -0.25) is 9.80 Å². The summed E-state index contributed by atoms with van der Waals surface area (Å²) in [5, 5.41) is 1.16. The maximum absolute atomic E-state index is 5.83. The molecule has 0 aliphatic carbocycles. The number of hydrogen-bond acceptors (Lipinski definition) is 4. The molecule has 2 aliphatic rings. The molecule has 0 unspecified atom stereocenters. The molecule has 4 rings (SSSR count). The van der Waals surface area contributed by atoms with Crippen molar-refractivity contribution < 1.29 is 13.3 Å². The van der Waals surface area contributed by atoms with E-state index in [1.807, 2.05) is 24.5 Å². The van der Waals surface area contributed by atoms with Crippen LogP contribution in [0.1, 0.15) is 48.9 Å². The molecule has 31 heavy (non-hydrogen) atoms. The second-order valence-corrected chi connectivity index (χ2v) is 25.5. The number of aromatic nitrogens is 2. The van der Waals surface area contributed by atoms with Crippen LogP contribution in [-0.2, 0) is 0 Å². The topological polar surface area (TPSA) is 32.3 Å². The Labute approximate surface area is 256 Å². The molecule has 2 atom stereocenters. The summed E-state index contributed by atoms with van der Waals surface area (Å²) in [4.78, 5) is 13.0. The second-order valence-electron chi connectivity index (χ2n) is 7.27. The summed E-state index contributed by atoms with van der Waals surface area (Å²) in [6.07, 6.45) is 8.82. The van der Waals surface area contributed by atoms with Crippen molar-refractivity contribution in [3.05, 3.63) is 55.6 Å². The summed E-state index contributed by atoms with van der Waals surface area (Å²) in [5.41, 5.74) is 2.60. The summed E-state index contributed by atoms with van der Waals surface area (Å²) >= 11 is 19.2. The van der Waals surface area contributed by atoms with E-state index in [2.05, 4.69) is 99.8 Å². The van der Waals surface area contributed by atoms with Gasteiger partial charge in [-0.15, -0.1) is 24.0 Å². The van der Waals surface area contributed by atoms with Gasteiger partial charge in [0.15, 0.2) is 0 Å². The van der Waals surface area contributed by atoms with E-state index in [9.17, 15) is 0 Å². The van der Waals surface area contributed by atoms with Crippen molar-refractivity contribution >= 4 is 107 Å². The average Bonchev–Trinajstić information content (AvgIpc) is 3.32. The van der Waals surface area contributed by atoms with Gasteiger partial charge < -0.3 is 0 Å². The van der Waals surface area contributed by atoms with Crippen LogP contribution in [0.5, 0.6) is 0 Å². The van der Waals surface area contributed by atoms with Gasteiger partial charge >= 0.3 is 50.5 Å². The zero-order valence-electron chi connectivity index (χ0n) is 17.2. The molecule has 2 aromatic heterocycles. The summed E-state index contributed by atoms with van der Waals surface area (Å²) in [5.74, 6) is 0. The van der Waals surface area contributed by atoms with E-state index >= 15 is 0 Å². The number of halogens is 7. The van der Waals surface area contributed by atoms with Crippen molar-refractivity contribution in [3.8, 4) is 0 Å². The normalized spacial score (nSPS) is 21.0. The van der Waals surface area contributed by atoms with E-state index in [0.717, 1.165) is 0 Å². The standard InChI is InChI=1S/C10H12ClIN2.C10H13ClN2.I3.HI/c1-14-4-2-3-9(14)7-6-13-10(11)5-8(7)12;1-13-6-2-3-9(13)8-4-5-10(11)12-7-8;1-3-2;/h5-6,9H,2-4H2,1H3;4-5,7,9H,2-3,6H2,1H3;;1H/q;;-1;/t2*9-;;/m00../s1. The van der Waals surface area contributed by atoms with Crippen molar-refractivity contribution in [2.45, 2.75) is 37.8 Å². The molecule has 4 heterocycles. The van der Waals surface area contributed by atoms with Crippen LogP contribution in [0.25, 0.3) is 0 Å². The van der Waals surface area contributed by atoms with E-state index in [-0.39, 0.29) is 24.0 Å². The van der Waals surface area contributed by atoms with Crippen molar-refractivity contribution in [2.24, 2.45) is 0 Å².